The quantitative estimate of drug-likeness (QED) is 0.533. The molecule has 3 aromatic rings. The summed E-state index contributed by atoms with van der Waals surface area (Å²) in [4.78, 5) is 25.4. The number of carboxylic acid groups (broad SMARTS) is 1. The Morgan fingerprint density at radius 3 is 2.28 bits per heavy atom. The van der Waals surface area contributed by atoms with Gasteiger partial charge in [-0.2, -0.15) is 0 Å². The number of halogens is 4. The van der Waals surface area contributed by atoms with E-state index in [1.807, 2.05) is 0 Å². The molecule has 1 heterocycles. The first-order chi connectivity index (χ1) is 15.1. The number of aromatic nitrogens is 1. The first kappa shape index (κ1) is 21.9. The summed E-state index contributed by atoms with van der Waals surface area (Å²) < 4.78 is 57.3. The van der Waals surface area contributed by atoms with E-state index in [0.717, 1.165) is 35.6 Å². The van der Waals surface area contributed by atoms with E-state index in [4.69, 9.17) is 0 Å². The summed E-state index contributed by atoms with van der Waals surface area (Å²) in [5, 5.41) is 19.4. The van der Waals surface area contributed by atoms with E-state index >= 15 is 4.39 Å². The minimum atomic E-state index is -1.38. The highest BCUT2D eigenvalue weighted by Gasteiger charge is 2.38. The average Bonchev–Trinajstić information content (AvgIpc) is 3.35. The van der Waals surface area contributed by atoms with E-state index in [2.05, 4.69) is 0 Å². The number of carbonyl (C=O) groups is 2. The van der Waals surface area contributed by atoms with Crippen LogP contribution in [0.1, 0.15) is 53.2 Å². The number of carboxylic acids is 1. The molecule has 2 aromatic carbocycles. The molecule has 0 amide bonds. The van der Waals surface area contributed by atoms with Gasteiger partial charge in [-0.05, 0) is 49.4 Å². The van der Waals surface area contributed by atoms with Gasteiger partial charge in [0, 0.05) is 22.7 Å². The van der Waals surface area contributed by atoms with E-state index in [-0.39, 0.29) is 33.6 Å². The van der Waals surface area contributed by atoms with Gasteiger partial charge < -0.3 is 10.2 Å². The van der Waals surface area contributed by atoms with Gasteiger partial charge in [-0.25, -0.2) is 17.6 Å². The third-order valence-corrected chi connectivity index (χ3v) is 6.23. The molecule has 1 unspecified atom stereocenters. The number of aromatic hydroxyl groups is 1. The summed E-state index contributed by atoms with van der Waals surface area (Å²) >= 11 is 0. The maximum atomic E-state index is 15.1. The summed E-state index contributed by atoms with van der Waals surface area (Å²) in [6.07, 6.45) is 2.74. The van der Waals surface area contributed by atoms with Crippen LogP contribution in [0.2, 0.25) is 0 Å². The highest BCUT2D eigenvalue weighted by molar-refractivity contribution is 6.05. The largest absolute Gasteiger partial charge is 0.503 e. The number of phenolic OH excluding ortho intramolecular Hbond substituents is 1. The highest BCUT2D eigenvalue weighted by atomic mass is 19.2. The third-order valence-electron chi connectivity index (χ3n) is 6.23. The molecule has 0 radical (unpaired) electrons. The lowest BCUT2D eigenvalue weighted by atomic mass is 9.83. The molecular formula is C23H19F4NO4. The highest BCUT2D eigenvalue weighted by Crippen LogP contribution is 2.45. The number of fused-ring (bicyclic) bond motifs is 1. The molecule has 168 valence electrons. The molecule has 4 rings (SSSR count). The van der Waals surface area contributed by atoms with Gasteiger partial charge in [-0.1, -0.05) is 12.8 Å². The summed E-state index contributed by atoms with van der Waals surface area (Å²) in [6.45, 7) is 1.38. The molecular weight excluding hydrogens is 430 g/mol. The van der Waals surface area contributed by atoms with Crippen molar-refractivity contribution in [2.45, 2.75) is 38.5 Å². The number of rotatable bonds is 4. The number of nitrogens with zero attached hydrogens (tertiary/aromatic N) is 1. The number of benzene rings is 2. The van der Waals surface area contributed by atoms with Crippen molar-refractivity contribution in [1.29, 1.82) is 0 Å². The first-order valence-corrected chi connectivity index (χ1v) is 10.1. The number of aliphatic carboxylic acids is 1. The monoisotopic (exact) mass is 449 g/mol. The minimum Gasteiger partial charge on any atom is -0.503 e. The average molecular weight is 449 g/mol. The van der Waals surface area contributed by atoms with Gasteiger partial charge >= 0.3 is 5.97 Å². The Bertz CT molecular complexity index is 1260. The molecule has 1 aliphatic carbocycles. The van der Waals surface area contributed by atoms with Gasteiger partial charge in [-0.15, -0.1) is 0 Å². The molecule has 1 atom stereocenters. The molecule has 0 spiro atoms. The van der Waals surface area contributed by atoms with E-state index in [0.29, 0.717) is 18.9 Å². The van der Waals surface area contributed by atoms with Crippen molar-refractivity contribution in [3.63, 3.8) is 0 Å². The Labute approximate surface area is 179 Å². The molecule has 0 saturated heterocycles. The Balaban J connectivity index is 2.04. The SMILES string of the molecule is Cc1c(C(C(=O)O)C2CCCC2)c2c(F)c(O)c(F)cc2n1C(=O)c1ccc(F)c(F)c1. The third kappa shape index (κ3) is 3.32. The van der Waals surface area contributed by atoms with Crippen molar-refractivity contribution in [2.75, 3.05) is 0 Å². The summed E-state index contributed by atoms with van der Waals surface area (Å²) in [5.74, 6) is -10.1. The number of carbonyl (C=O) groups excluding carboxylic acids is 1. The maximum Gasteiger partial charge on any atom is 0.311 e. The Morgan fingerprint density at radius 1 is 1.03 bits per heavy atom. The van der Waals surface area contributed by atoms with E-state index in [1.54, 1.807) is 0 Å². The zero-order valence-corrected chi connectivity index (χ0v) is 17.0. The van der Waals surface area contributed by atoms with Crippen molar-refractivity contribution in [3.05, 3.63) is 64.4 Å². The van der Waals surface area contributed by atoms with Crippen molar-refractivity contribution in [1.82, 2.24) is 4.57 Å². The molecule has 0 aliphatic heterocycles. The van der Waals surface area contributed by atoms with Gasteiger partial charge in [-0.3, -0.25) is 14.2 Å². The van der Waals surface area contributed by atoms with Crippen LogP contribution in [0.5, 0.6) is 5.75 Å². The second kappa shape index (κ2) is 7.96. The number of phenols is 1. The van der Waals surface area contributed by atoms with Crippen LogP contribution in [0.15, 0.2) is 24.3 Å². The second-order valence-electron chi connectivity index (χ2n) is 8.04. The van der Waals surface area contributed by atoms with Crippen molar-refractivity contribution >= 4 is 22.8 Å². The molecule has 9 heteroatoms. The molecule has 2 N–H and O–H groups in total. The van der Waals surface area contributed by atoms with Gasteiger partial charge in [0.25, 0.3) is 5.91 Å². The molecule has 1 aromatic heterocycles. The minimum absolute atomic E-state index is 0.0259. The van der Waals surface area contributed by atoms with Crippen LogP contribution in [0, 0.1) is 36.1 Å². The van der Waals surface area contributed by atoms with Crippen LogP contribution >= 0.6 is 0 Å². The lowest BCUT2D eigenvalue weighted by Gasteiger charge is -2.20. The van der Waals surface area contributed by atoms with Crippen LogP contribution in [0.4, 0.5) is 17.6 Å². The van der Waals surface area contributed by atoms with Crippen LogP contribution in [0.25, 0.3) is 10.9 Å². The lowest BCUT2D eigenvalue weighted by Crippen LogP contribution is -2.21. The summed E-state index contributed by atoms with van der Waals surface area (Å²) in [5.41, 5.74) is -0.609. The van der Waals surface area contributed by atoms with Crippen molar-refractivity contribution in [2.24, 2.45) is 5.92 Å². The van der Waals surface area contributed by atoms with E-state index < -0.39 is 46.8 Å². The van der Waals surface area contributed by atoms with Crippen LogP contribution in [-0.4, -0.2) is 26.7 Å². The van der Waals surface area contributed by atoms with Crippen LogP contribution in [-0.2, 0) is 4.79 Å². The Kier molecular flexibility index (Phi) is 5.44. The van der Waals surface area contributed by atoms with Gasteiger partial charge in [0.1, 0.15) is 0 Å². The fraction of sp³-hybridized carbons (Fsp3) is 0.304. The number of hydrogen-bond acceptors (Lipinski definition) is 3. The Hall–Kier alpha value is -3.36. The van der Waals surface area contributed by atoms with Gasteiger partial charge in [0.15, 0.2) is 29.0 Å². The molecule has 5 nitrogen and oxygen atoms in total. The first-order valence-electron chi connectivity index (χ1n) is 10.1. The van der Waals surface area contributed by atoms with E-state index in [1.165, 1.54) is 6.92 Å². The second-order valence-corrected chi connectivity index (χ2v) is 8.04. The van der Waals surface area contributed by atoms with Gasteiger partial charge in [0.2, 0.25) is 0 Å². The molecule has 1 fully saturated rings. The molecule has 32 heavy (non-hydrogen) atoms. The molecule has 1 saturated carbocycles. The Morgan fingerprint density at radius 2 is 1.69 bits per heavy atom. The predicted molar refractivity (Wildman–Crippen MR) is 107 cm³/mol. The fourth-order valence-corrected chi connectivity index (χ4v) is 4.76. The summed E-state index contributed by atoms with van der Waals surface area (Å²) in [7, 11) is 0. The lowest BCUT2D eigenvalue weighted by molar-refractivity contribution is -0.140. The normalized spacial score (nSPS) is 15.4. The maximum absolute atomic E-state index is 15.1. The number of hydrogen-bond donors (Lipinski definition) is 2. The smallest absolute Gasteiger partial charge is 0.311 e. The van der Waals surface area contributed by atoms with E-state index in [9.17, 15) is 33.0 Å². The molecule has 0 bridgehead atoms. The fourth-order valence-electron chi connectivity index (χ4n) is 4.76. The van der Waals surface area contributed by atoms with Crippen LogP contribution < -0.4 is 0 Å². The zero-order valence-electron chi connectivity index (χ0n) is 17.0. The summed E-state index contributed by atoms with van der Waals surface area (Å²) in [6, 6.07) is 3.15. The predicted octanol–water partition coefficient (Wildman–Crippen LogP) is 5.26. The van der Waals surface area contributed by atoms with Crippen molar-refractivity contribution < 1.29 is 37.4 Å². The topological polar surface area (TPSA) is 79.5 Å². The zero-order chi connectivity index (χ0) is 23.3. The molecule has 1 aliphatic rings. The van der Waals surface area contributed by atoms with Gasteiger partial charge in [0.05, 0.1) is 11.4 Å². The standard InChI is InChI=1S/C23H19F4NO4/c1-10-17(18(23(31)32)11-4-2-3-5-11)19-16(9-15(26)21(29)20(19)27)28(10)22(30)12-6-7-13(24)14(25)8-12/h6-9,11,18,29H,2-5H2,1H3,(H,31,32). The van der Waals surface area contributed by atoms with Crippen LogP contribution in [0.3, 0.4) is 0 Å². The van der Waals surface area contributed by atoms with Crippen molar-refractivity contribution in [3.8, 4) is 5.75 Å².